The lowest BCUT2D eigenvalue weighted by Crippen LogP contribution is -2.35. The molecule has 0 aromatic heterocycles. The van der Waals surface area contributed by atoms with Crippen LogP contribution in [0.5, 0.6) is 0 Å². The van der Waals surface area contributed by atoms with Crippen LogP contribution in [0.25, 0.3) is 0 Å². The van der Waals surface area contributed by atoms with Crippen LogP contribution in [0.1, 0.15) is 38.5 Å². The molecule has 3 aliphatic rings. The smallest absolute Gasteiger partial charge is 0.227 e. The molecule has 0 bridgehead atoms. The molecule has 4 rings (SSSR count). The maximum Gasteiger partial charge on any atom is 0.227 e. The summed E-state index contributed by atoms with van der Waals surface area (Å²) in [7, 11) is 0. The van der Waals surface area contributed by atoms with Crippen molar-refractivity contribution in [2.75, 3.05) is 36.0 Å². The monoisotopic (exact) mass is 393 g/mol. The van der Waals surface area contributed by atoms with Crippen molar-refractivity contribution in [3.05, 3.63) is 24.3 Å². The Morgan fingerprint density at radius 1 is 1.17 bits per heavy atom. The fourth-order valence-electron chi connectivity index (χ4n) is 4.15. The Hall–Kier alpha value is -2.88. The summed E-state index contributed by atoms with van der Waals surface area (Å²) in [5.74, 6) is 2.19. The molecule has 2 saturated heterocycles. The first kappa shape index (κ1) is 19.4. The summed E-state index contributed by atoms with van der Waals surface area (Å²) in [4.78, 5) is 29.1. The lowest BCUT2D eigenvalue weighted by Gasteiger charge is -2.20. The highest BCUT2D eigenvalue weighted by molar-refractivity contribution is 6.00. The van der Waals surface area contributed by atoms with Gasteiger partial charge < -0.3 is 15.1 Å². The quantitative estimate of drug-likeness (QED) is 0.690. The van der Waals surface area contributed by atoms with Gasteiger partial charge in [-0.15, -0.1) is 12.3 Å². The first-order chi connectivity index (χ1) is 14.1. The Kier molecular flexibility index (Phi) is 5.52. The second kappa shape index (κ2) is 8.24. The fourth-order valence-corrected chi connectivity index (χ4v) is 4.15. The topological polar surface area (TPSA) is 77.4 Å². The third kappa shape index (κ3) is 4.42. The van der Waals surface area contributed by atoms with Gasteiger partial charge in [0, 0.05) is 63.2 Å². The second-order valence-electron chi connectivity index (χ2n) is 8.04. The molecule has 3 aliphatic heterocycles. The normalized spacial score (nSPS) is 22.0. The number of hydrogen-bond donors (Lipinski definition) is 1. The highest BCUT2D eigenvalue weighted by atomic mass is 16.2. The third-order valence-corrected chi connectivity index (χ3v) is 6.01. The highest BCUT2D eigenvalue weighted by Gasteiger charge is 2.39. The minimum absolute atomic E-state index is 0.00300. The van der Waals surface area contributed by atoms with Crippen LogP contribution in [0.2, 0.25) is 0 Å². The number of terminal acetylenes is 1. The van der Waals surface area contributed by atoms with E-state index in [9.17, 15) is 9.59 Å². The Balaban J connectivity index is 1.27. The van der Waals surface area contributed by atoms with Crippen molar-refractivity contribution in [2.24, 2.45) is 16.1 Å². The van der Waals surface area contributed by atoms with Gasteiger partial charge in [-0.2, -0.15) is 10.2 Å². The lowest BCUT2D eigenvalue weighted by molar-refractivity contribution is -0.126. The van der Waals surface area contributed by atoms with E-state index < -0.39 is 5.66 Å². The van der Waals surface area contributed by atoms with Gasteiger partial charge in [-0.3, -0.25) is 9.59 Å². The molecule has 3 heterocycles. The molecule has 2 fully saturated rings. The first-order valence-electron chi connectivity index (χ1n) is 10.4. The maximum absolute atomic E-state index is 12.5. The Morgan fingerprint density at radius 2 is 1.86 bits per heavy atom. The van der Waals surface area contributed by atoms with Gasteiger partial charge >= 0.3 is 0 Å². The number of rotatable bonds is 8. The number of nitrogens with zero attached hydrogens (tertiary/aromatic N) is 4. The molecule has 1 unspecified atom stereocenters. The Labute approximate surface area is 171 Å². The van der Waals surface area contributed by atoms with E-state index >= 15 is 0 Å². The molecular formula is C22H27N5O2. The summed E-state index contributed by atoms with van der Waals surface area (Å²) < 4.78 is 0. The molecule has 152 valence electrons. The van der Waals surface area contributed by atoms with E-state index in [1.54, 1.807) is 4.90 Å². The Morgan fingerprint density at radius 3 is 2.52 bits per heavy atom. The second-order valence-corrected chi connectivity index (χ2v) is 8.04. The summed E-state index contributed by atoms with van der Waals surface area (Å²) >= 11 is 0. The number of nitrogens with one attached hydrogen (secondary N) is 1. The van der Waals surface area contributed by atoms with Crippen LogP contribution in [-0.4, -0.2) is 43.7 Å². The molecule has 1 atom stereocenters. The van der Waals surface area contributed by atoms with E-state index in [1.165, 1.54) is 18.5 Å². The van der Waals surface area contributed by atoms with E-state index in [0.29, 0.717) is 25.9 Å². The van der Waals surface area contributed by atoms with Gasteiger partial charge in [-0.25, -0.2) is 0 Å². The number of carbonyl (C=O) groups is 2. The zero-order chi connectivity index (χ0) is 20.3. The molecule has 7 nitrogen and oxygen atoms in total. The minimum Gasteiger partial charge on any atom is -0.372 e. The van der Waals surface area contributed by atoms with Gasteiger partial charge in [-0.05, 0) is 37.1 Å². The standard InChI is InChI=1S/C22H27N5O2/c1-2-3-10-22(24-25-22)11-12-23-21(29)17-15-20(28)27(16-17)19-8-6-18(7-9-19)26-13-4-5-14-26/h1,6-9,17H,3-5,10-16H2,(H,23,29). The summed E-state index contributed by atoms with van der Waals surface area (Å²) in [5, 5.41) is 11.1. The van der Waals surface area contributed by atoms with E-state index in [1.807, 2.05) is 12.1 Å². The average molecular weight is 393 g/mol. The van der Waals surface area contributed by atoms with E-state index in [4.69, 9.17) is 6.42 Å². The van der Waals surface area contributed by atoms with Crippen LogP contribution in [0.3, 0.4) is 0 Å². The molecule has 0 saturated carbocycles. The highest BCUT2D eigenvalue weighted by Crippen LogP contribution is 2.36. The summed E-state index contributed by atoms with van der Waals surface area (Å²) in [6.07, 6.45) is 10.0. The third-order valence-electron chi connectivity index (χ3n) is 6.01. The molecule has 0 aliphatic carbocycles. The van der Waals surface area contributed by atoms with Gasteiger partial charge in [0.1, 0.15) is 0 Å². The first-order valence-corrected chi connectivity index (χ1v) is 10.4. The molecule has 1 N–H and O–H groups in total. The zero-order valence-electron chi connectivity index (χ0n) is 16.6. The van der Waals surface area contributed by atoms with Crippen LogP contribution >= 0.6 is 0 Å². The van der Waals surface area contributed by atoms with Crippen LogP contribution in [0.15, 0.2) is 34.5 Å². The van der Waals surface area contributed by atoms with Gasteiger partial charge in [-0.1, -0.05) is 0 Å². The number of hydrogen-bond acceptors (Lipinski definition) is 5. The fraction of sp³-hybridized carbons (Fsp3) is 0.545. The number of anilines is 2. The molecule has 0 spiro atoms. The predicted molar refractivity (Wildman–Crippen MR) is 112 cm³/mol. The van der Waals surface area contributed by atoms with Crippen LogP contribution in [0.4, 0.5) is 11.4 Å². The van der Waals surface area contributed by atoms with Gasteiger partial charge in [0.15, 0.2) is 5.66 Å². The SMILES string of the molecule is C#CCCC1(CCNC(=O)C2CC(=O)N(c3ccc(N4CCCC4)cc3)C2)N=N1. The molecular weight excluding hydrogens is 366 g/mol. The largest absolute Gasteiger partial charge is 0.372 e. The maximum atomic E-state index is 12.5. The Bertz CT molecular complexity index is 830. The van der Waals surface area contributed by atoms with Gasteiger partial charge in [0.05, 0.1) is 5.92 Å². The van der Waals surface area contributed by atoms with Gasteiger partial charge in [0.2, 0.25) is 11.8 Å². The molecule has 1 aromatic rings. The minimum atomic E-state index is -0.395. The molecule has 0 radical (unpaired) electrons. The van der Waals surface area contributed by atoms with Crippen molar-refractivity contribution in [1.29, 1.82) is 0 Å². The lowest BCUT2D eigenvalue weighted by atomic mass is 10.0. The number of amides is 2. The summed E-state index contributed by atoms with van der Waals surface area (Å²) in [5.41, 5.74) is 1.66. The summed E-state index contributed by atoms with van der Waals surface area (Å²) in [6, 6.07) is 8.10. The van der Waals surface area contributed by atoms with Crippen molar-refractivity contribution in [2.45, 2.75) is 44.2 Å². The van der Waals surface area contributed by atoms with Crippen molar-refractivity contribution < 1.29 is 9.59 Å². The average Bonchev–Trinajstić information content (AvgIpc) is 3.12. The van der Waals surface area contributed by atoms with Gasteiger partial charge in [0.25, 0.3) is 0 Å². The van der Waals surface area contributed by atoms with Crippen LogP contribution in [0, 0.1) is 18.3 Å². The molecule has 29 heavy (non-hydrogen) atoms. The zero-order valence-corrected chi connectivity index (χ0v) is 16.6. The molecule has 7 heteroatoms. The van der Waals surface area contributed by atoms with E-state index in [0.717, 1.165) is 25.2 Å². The molecule has 2 amide bonds. The number of benzene rings is 1. The van der Waals surface area contributed by atoms with Crippen molar-refractivity contribution in [3.63, 3.8) is 0 Å². The van der Waals surface area contributed by atoms with Crippen molar-refractivity contribution >= 4 is 23.2 Å². The van der Waals surface area contributed by atoms with Crippen molar-refractivity contribution in [1.82, 2.24) is 5.32 Å². The van der Waals surface area contributed by atoms with E-state index in [2.05, 4.69) is 38.5 Å². The molecule has 1 aromatic carbocycles. The van der Waals surface area contributed by atoms with Crippen molar-refractivity contribution in [3.8, 4) is 12.3 Å². The number of carbonyl (C=O) groups excluding carboxylic acids is 2. The van der Waals surface area contributed by atoms with Crippen LogP contribution in [-0.2, 0) is 9.59 Å². The van der Waals surface area contributed by atoms with E-state index in [-0.39, 0.29) is 24.2 Å². The van der Waals surface area contributed by atoms with Crippen LogP contribution < -0.4 is 15.1 Å². The summed E-state index contributed by atoms with van der Waals surface area (Å²) in [6.45, 7) is 3.10. The predicted octanol–water partition coefficient (Wildman–Crippen LogP) is 2.72.